The lowest BCUT2D eigenvalue weighted by Gasteiger charge is -2.06. The monoisotopic (exact) mass is 162 g/mol. The highest BCUT2D eigenvalue weighted by atomic mass is 32.2. The van der Waals surface area contributed by atoms with Crippen molar-refractivity contribution in [1.29, 1.82) is 0 Å². The molecule has 0 saturated carbocycles. The molecule has 0 aliphatic carbocycles. The first-order chi connectivity index (χ1) is 4.61. The Morgan fingerprint density at radius 1 is 1.60 bits per heavy atom. The van der Waals surface area contributed by atoms with Gasteiger partial charge in [0.15, 0.2) is 0 Å². The summed E-state index contributed by atoms with van der Waals surface area (Å²) in [7, 11) is -4.14. The van der Waals surface area contributed by atoms with Crippen LogP contribution >= 0.6 is 0 Å². The second-order valence-corrected chi connectivity index (χ2v) is 3.05. The summed E-state index contributed by atoms with van der Waals surface area (Å²) in [6, 6.07) is 0. The smallest absolute Gasteiger partial charge is 0.327 e. The standard InChI is InChI=1S/C5H6O4S/c6-10(7,8)5-3-1-2-4-9-5/h1-3H,4H2,(H,6,7,8). The first-order valence-electron chi connectivity index (χ1n) is 2.58. The Labute approximate surface area is 58.6 Å². The van der Waals surface area contributed by atoms with Gasteiger partial charge in [-0.2, -0.15) is 8.42 Å². The molecule has 0 spiro atoms. The molecule has 1 N–H and O–H groups in total. The molecule has 0 fully saturated rings. The highest BCUT2D eigenvalue weighted by Crippen LogP contribution is 2.09. The van der Waals surface area contributed by atoms with Gasteiger partial charge in [0.2, 0.25) is 5.09 Å². The average molecular weight is 162 g/mol. The molecule has 0 aromatic heterocycles. The van der Waals surface area contributed by atoms with Crippen molar-refractivity contribution in [3.63, 3.8) is 0 Å². The minimum atomic E-state index is -4.14. The number of hydrogen-bond acceptors (Lipinski definition) is 3. The third-order valence-electron chi connectivity index (χ3n) is 0.944. The quantitative estimate of drug-likeness (QED) is 0.563. The molecule has 1 heterocycles. The van der Waals surface area contributed by atoms with E-state index in [0.717, 1.165) is 0 Å². The maximum Gasteiger partial charge on any atom is 0.327 e. The third kappa shape index (κ3) is 1.58. The van der Waals surface area contributed by atoms with Gasteiger partial charge >= 0.3 is 10.1 Å². The third-order valence-corrected chi connectivity index (χ3v) is 1.71. The van der Waals surface area contributed by atoms with Crippen molar-refractivity contribution in [2.24, 2.45) is 0 Å². The molecule has 10 heavy (non-hydrogen) atoms. The van der Waals surface area contributed by atoms with Gasteiger partial charge in [0.1, 0.15) is 6.61 Å². The topological polar surface area (TPSA) is 63.6 Å². The summed E-state index contributed by atoms with van der Waals surface area (Å²) in [5, 5.41) is -0.394. The predicted octanol–water partition coefficient (Wildman–Crippen LogP) is 0.302. The minimum absolute atomic E-state index is 0.186. The second kappa shape index (κ2) is 2.43. The summed E-state index contributed by atoms with van der Waals surface area (Å²) in [6.07, 6.45) is 4.33. The molecule has 56 valence electrons. The molecular formula is C5H6O4S. The van der Waals surface area contributed by atoms with Crippen LogP contribution in [0, 0.1) is 0 Å². The Hall–Kier alpha value is -0.810. The molecule has 1 rings (SSSR count). The van der Waals surface area contributed by atoms with Crippen LogP contribution in [0.3, 0.4) is 0 Å². The molecule has 5 heteroatoms. The highest BCUT2D eigenvalue weighted by Gasteiger charge is 2.14. The van der Waals surface area contributed by atoms with E-state index < -0.39 is 15.2 Å². The molecule has 0 aromatic rings. The molecule has 0 radical (unpaired) electrons. The first kappa shape index (κ1) is 7.30. The van der Waals surface area contributed by atoms with Crippen LogP contribution in [0.2, 0.25) is 0 Å². The van der Waals surface area contributed by atoms with Crippen LogP contribution in [0.5, 0.6) is 0 Å². The lowest BCUT2D eigenvalue weighted by molar-refractivity contribution is 0.260. The van der Waals surface area contributed by atoms with Gasteiger partial charge in [-0.05, 0) is 12.2 Å². The van der Waals surface area contributed by atoms with Crippen LogP contribution in [-0.4, -0.2) is 19.6 Å². The SMILES string of the molecule is O=S(=O)(O)C1=CC=CCO1. The van der Waals surface area contributed by atoms with Crippen LogP contribution < -0.4 is 0 Å². The van der Waals surface area contributed by atoms with Crippen molar-refractivity contribution in [2.75, 3.05) is 6.61 Å². The molecule has 0 unspecified atom stereocenters. The maximum atomic E-state index is 10.3. The van der Waals surface area contributed by atoms with Crippen LogP contribution in [0.4, 0.5) is 0 Å². The highest BCUT2D eigenvalue weighted by molar-refractivity contribution is 7.89. The van der Waals surface area contributed by atoms with Gasteiger partial charge in [0.05, 0.1) is 0 Å². The van der Waals surface area contributed by atoms with E-state index >= 15 is 0 Å². The summed E-state index contributed by atoms with van der Waals surface area (Å²) < 4.78 is 33.6. The number of allylic oxidation sites excluding steroid dienone is 2. The van der Waals surface area contributed by atoms with Crippen LogP contribution in [0.15, 0.2) is 23.3 Å². The fourth-order valence-electron chi connectivity index (χ4n) is 0.541. The van der Waals surface area contributed by atoms with Crippen molar-refractivity contribution in [3.8, 4) is 0 Å². The molecule has 0 saturated heterocycles. The molecule has 1 aliphatic rings. The van der Waals surface area contributed by atoms with Gasteiger partial charge in [-0.3, -0.25) is 4.55 Å². The van der Waals surface area contributed by atoms with E-state index in [1.54, 1.807) is 6.08 Å². The summed E-state index contributed by atoms with van der Waals surface area (Å²) in [5.74, 6) is 0. The Kier molecular flexibility index (Phi) is 1.78. The number of hydrogen-bond donors (Lipinski definition) is 1. The van der Waals surface area contributed by atoms with E-state index in [9.17, 15) is 8.42 Å². The van der Waals surface area contributed by atoms with Crippen molar-refractivity contribution >= 4 is 10.1 Å². The summed E-state index contributed by atoms with van der Waals surface area (Å²) in [6.45, 7) is 0.186. The molecular weight excluding hydrogens is 156 g/mol. The summed E-state index contributed by atoms with van der Waals surface area (Å²) >= 11 is 0. The van der Waals surface area contributed by atoms with Crippen LogP contribution in [0.25, 0.3) is 0 Å². The number of rotatable bonds is 1. The Bertz CT molecular complexity index is 272. The fourth-order valence-corrected chi connectivity index (χ4v) is 1.01. The zero-order valence-electron chi connectivity index (χ0n) is 5.02. The van der Waals surface area contributed by atoms with Gasteiger partial charge in [-0.15, -0.1) is 0 Å². The molecule has 4 nitrogen and oxygen atoms in total. The van der Waals surface area contributed by atoms with E-state index in [4.69, 9.17) is 4.55 Å². The van der Waals surface area contributed by atoms with Crippen molar-refractivity contribution in [1.82, 2.24) is 0 Å². The van der Waals surface area contributed by atoms with E-state index in [0.29, 0.717) is 0 Å². The molecule has 0 amide bonds. The van der Waals surface area contributed by atoms with E-state index in [1.165, 1.54) is 12.2 Å². The Balaban J connectivity index is 2.93. The fraction of sp³-hybridized carbons (Fsp3) is 0.200. The predicted molar refractivity (Wildman–Crippen MR) is 34.7 cm³/mol. The van der Waals surface area contributed by atoms with Crippen molar-refractivity contribution in [3.05, 3.63) is 23.3 Å². The van der Waals surface area contributed by atoms with E-state index in [1.807, 2.05) is 0 Å². The Morgan fingerprint density at radius 3 is 2.60 bits per heavy atom. The van der Waals surface area contributed by atoms with Gasteiger partial charge < -0.3 is 4.74 Å². The molecule has 1 aliphatic heterocycles. The second-order valence-electron chi connectivity index (χ2n) is 1.70. The largest absolute Gasteiger partial charge is 0.477 e. The first-order valence-corrected chi connectivity index (χ1v) is 4.02. The van der Waals surface area contributed by atoms with Crippen LogP contribution in [-0.2, 0) is 14.9 Å². The summed E-state index contributed by atoms with van der Waals surface area (Å²) in [4.78, 5) is 0. The number of ether oxygens (including phenoxy) is 1. The van der Waals surface area contributed by atoms with Gasteiger partial charge in [-0.25, -0.2) is 0 Å². The molecule has 0 bridgehead atoms. The van der Waals surface area contributed by atoms with Gasteiger partial charge in [0.25, 0.3) is 0 Å². The van der Waals surface area contributed by atoms with Crippen molar-refractivity contribution < 1.29 is 17.7 Å². The molecule has 0 aromatic carbocycles. The lowest BCUT2D eigenvalue weighted by atomic mass is 10.4. The van der Waals surface area contributed by atoms with Gasteiger partial charge in [0, 0.05) is 0 Å². The maximum absolute atomic E-state index is 10.3. The lowest BCUT2D eigenvalue weighted by Crippen LogP contribution is -2.07. The normalized spacial score (nSPS) is 17.9. The Morgan fingerprint density at radius 2 is 2.30 bits per heavy atom. The van der Waals surface area contributed by atoms with E-state index in [-0.39, 0.29) is 6.61 Å². The zero-order valence-corrected chi connectivity index (χ0v) is 5.84. The van der Waals surface area contributed by atoms with Gasteiger partial charge in [-0.1, -0.05) is 6.08 Å². The van der Waals surface area contributed by atoms with Crippen LogP contribution in [0.1, 0.15) is 0 Å². The zero-order chi connectivity index (χ0) is 7.61. The molecule has 0 atom stereocenters. The average Bonchev–Trinajstić information content (AvgIpc) is 1.88. The van der Waals surface area contributed by atoms with E-state index in [2.05, 4.69) is 4.74 Å². The van der Waals surface area contributed by atoms with Crippen molar-refractivity contribution in [2.45, 2.75) is 0 Å². The minimum Gasteiger partial charge on any atom is -0.477 e. The summed E-state index contributed by atoms with van der Waals surface area (Å²) in [5.41, 5.74) is 0.